The average Bonchev–Trinajstić information content (AvgIpc) is 3.13. The zero-order valence-electron chi connectivity index (χ0n) is 15.2. The van der Waals surface area contributed by atoms with E-state index in [2.05, 4.69) is 10.3 Å². The van der Waals surface area contributed by atoms with Crippen LogP contribution in [-0.4, -0.2) is 34.9 Å². The number of hydrogen-bond donors (Lipinski definition) is 2. The van der Waals surface area contributed by atoms with E-state index in [4.69, 9.17) is 21.1 Å². The van der Waals surface area contributed by atoms with E-state index < -0.39 is 29.7 Å². The number of halogens is 1. The summed E-state index contributed by atoms with van der Waals surface area (Å²) in [4.78, 5) is 37.4. The molecule has 2 aromatic rings. The van der Waals surface area contributed by atoms with Crippen molar-refractivity contribution in [1.29, 1.82) is 0 Å². The van der Waals surface area contributed by atoms with Crippen LogP contribution in [0.15, 0.2) is 52.2 Å². The Kier molecular flexibility index (Phi) is 6.33. The molecular formula is C19H20ClN3O5. The average molecular weight is 406 g/mol. The first-order valence-electron chi connectivity index (χ1n) is 8.73. The molecule has 3 rings (SSSR count). The molecule has 28 heavy (non-hydrogen) atoms. The summed E-state index contributed by atoms with van der Waals surface area (Å²) in [5.41, 5.74) is 0.456. The molecule has 0 radical (unpaired) electrons. The van der Waals surface area contributed by atoms with Crippen LogP contribution < -0.4 is 16.6 Å². The van der Waals surface area contributed by atoms with E-state index in [0.717, 1.165) is 5.56 Å². The van der Waals surface area contributed by atoms with Crippen molar-refractivity contribution >= 4 is 17.7 Å². The predicted molar refractivity (Wildman–Crippen MR) is 104 cm³/mol. The third-order valence-electron chi connectivity index (χ3n) is 4.20. The Bertz CT molecular complexity index is 980. The van der Waals surface area contributed by atoms with Gasteiger partial charge in [0.25, 0.3) is 5.56 Å². The number of nitrogens with one attached hydrogen (secondary N) is 2. The van der Waals surface area contributed by atoms with Crippen molar-refractivity contribution in [3.05, 3.63) is 79.6 Å². The molecular weight excluding hydrogens is 386 g/mol. The smallest absolute Gasteiger partial charge is 0.407 e. The lowest BCUT2D eigenvalue weighted by molar-refractivity contribution is -0.0149. The van der Waals surface area contributed by atoms with Crippen LogP contribution in [-0.2, 0) is 15.9 Å². The number of amides is 1. The number of carbonyl (C=O) groups excluding carboxylic acids is 1. The molecule has 9 heteroatoms. The maximum atomic E-state index is 11.9. The minimum absolute atomic E-state index is 0.0108. The highest BCUT2D eigenvalue weighted by Crippen LogP contribution is 2.19. The van der Waals surface area contributed by atoms with Crippen molar-refractivity contribution in [3.63, 3.8) is 0 Å². The Balaban J connectivity index is 1.42. The number of benzene rings is 1. The van der Waals surface area contributed by atoms with E-state index in [0.29, 0.717) is 23.6 Å². The lowest BCUT2D eigenvalue weighted by Gasteiger charge is -2.16. The number of aromatic amines is 1. The summed E-state index contributed by atoms with van der Waals surface area (Å²) < 4.78 is 12.1. The van der Waals surface area contributed by atoms with Crippen LogP contribution in [0.1, 0.15) is 17.4 Å². The molecule has 2 heterocycles. The molecule has 1 aliphatic rings. The first-order valence-corrected chi connectivity index (χ1v) is 9.11. The number of nitrogens with zero attached hydrogens (tertiary/aromatic N) is 1. The summed E-state index contributed by atoms with van der Waals surface area (Å²) in [7, 11) is 0. The summed E-state index contributed by atoms with van der Waals surface area (Å²) in [5, 5.41) is 3.33. The van der Waals surface area contributed by atoms with Gasteiger partial charge < -0.3 is 14.8 Å². The first-order chi connectivity index (χ1) is 13.4. The van der Waals surface area contributed by atoms with Gasteiger partial charge in [-0.15, -0.1) is 0 Å². The monoisotopic (exact) mass is 405 g/mol. The molecule has 1 aliphatic heterocycles. The van der Waals surface area contributed by atoms with Gasteiger partial charge >= 0.3 is 11.8 Å². The molecule has 148 valence electrons. The van der Waals surface area contributed by atoms with E-state index in [-0.39, 0.29) is 6.61 Å². The summed E-state index contributed by atoms with van der Waals surface area (Å²) in [6, 6.07) is 7.38. The molecule has 1 amide bonds. The van der Waals surface area contributed by atoms with E-state index in [1.54, 1.807) is 31.2 Å². The van der Waals surface area contributed by atoms with Crippen LogP contribution in [0.5, 0.6) is 0 Å². The molecule has 0 aliphatic carbocycles. The van der Waals surface area contributed by atoms with E-state index >= 15 is 0 Å². The van der Waals surface area contributed by atoms with Gasteiger partial charge in [0.15, 0.2) is 6.23 Å². The van der Waals surface area contributed by atoms with Gasteiger partial charge in [0, 0.05) is 23.3 Å². The van der Waals surface area contributed by atoms with Crippen LogP contribution in [0.25, 0.3) is 0 Å². The number of ether oxygens (including phenoxy) is 2. The number of carbonyl (C=O) groups is 1. The van der Waals surface area contributed by atoms with Gasteiger partial charge in [0.2, 0.25) is 0 Å². The third kappa shape index (κ3) is 5.11. The lowest BCUT2D eigenvalue weighted by atomic mass is 10.1. The van der Waals surface area contributed by atoms with Gasteiger partial charge in [0.1, 0.15) is 12.7 Å². The number of alkyl carbamates (subject to hydrolysis) is 1. The van der Waals surface area contributed by atoms with E-state index in [1.165, 1.54) is 10.8 Å². The van der Waals surface area contributed by atoms with E-state index in [1.807, 2.05) is 12.1 Å². The molecule has 1 aromatic heterocycles. The standard InChI is InChI=1S/C19H20ClN3O5/c1-12-10-23(18(25)22-17(12)24)16-7-6-15(28-16)11-27-19(26)21-9-8-13-2-4-14(20)5-3-13/h2-7,10,15-16H,8-9,11H2,1H3,(H,21,26)(H,22,24,25)/t15-,16+/m0/s1. The molecule has 1 aromatic carbocycles. The van der Waals surface area contributed by atoms with Gasteiger partial charge in [-0.2, -0.15) is 0 Å². The molecule has 0 bridgehead atoms. The Morgan fingerprint density at radius 2 is 2.04 bits per heavy atom. The highest BCUT2D eigenvalue weighted by molar-refractivity contribution is 6.30. The van der Waals surface area contributed by atoms with Crippen molar-refractivity contribution < 1.29 is 14.3 Å². The second-order valence-corrected chi connectivity index (χ2v) is 6.77. The first kappa shape index (κ1) is 19.9. The van der Waals surface area contributed by atoms with Gasteiger partial charge in [-0.3, -0.25) is 14.3 Å². The van der Waals surface area contributed by atoms with E-state index in [9.17, 15) is 14.4 Å². The van der Waals surface area contributed by atoms with Gasteiger partial charge in [-0.1, -0.05) is 29.8 Å². The number of H-pyrrole nitrogens is 1. The fraction of sp³-hybridized carbons (Fsp3) is 0.316. The van der Waals surface area contributed by atoms with Crippen molar-refractivity contribution in [2.45, 2.75) is 25.7 Å². The second kappa shape index (κ2) is 8.90. The lowest BCUT2D eigenvalue weighted by Crippen LogP contribution is -2.34. The minimum Gasteiger partial charge on any atom is -0.446 e. The topological polar surface area (TPSA) is 102 Å². The molecule has 2 atom stereocenters. The molecule has 0 fully saturated rings. The molecule has 0 saturated carbocycles. The van der Waals surface area contributed by atoms with Crippen LogP contribution in [0, 0.1) is 6.92 Å². The third-order valence-corrected chi connectivity index (χ3v) is 4.45. The Labute approximate surface area is 165 Å². The molecule has 2 N–H and O–H groups in total. The van der Waals surface area contributed by atoms with Crippen molar-refractivity contribution in [2.24, 2.45) is 0 Å². The van der Waals surface area contributed by atoms with Crippen LogP contribution in [0.2, 0.25) is 5.02 Å². The van der Waals surface area contributed by atoms with Gasteiger partial charge in [-0.05, 0) is 37.1 Å². The van der Waals surface area contributed by atoms with Crippen molar-refractivity contribution in [3.8, 4) is 0 Å². The summed E-state index contributed by atoms with van der Waals surface area (Å²) in [6.45, 7) is 2.04. The molecule has 0 saturated heterocycles. The Morgan fingerprint density at radius 1 is 1.29 bits per heavy atom. The number of aromatic nitrogens is 2. The molecule has 0 spiro atoms. The Morgan fingerprint density at radius 3 is 2.79 bits per heavy atom. The fourth-order valence-electron chi connectivity index (χ4n) is 2.69. The van der Waals surface area contributed by atoms with Crippen molar-refractivity contribution in [2.75, 3.05) is 13.2 Å². The largest absolute Gasteiger partial charge is 0.446 e. The summed E-state index contributed by atoms with van der Waals surface area (Å²) in [5.74, 6) is 0. The maximum Gasteiger partial charge on any atom is 0.407 e. The molecule has 8 nitrogen and oxygen atoms in total. The quantitative estimate of drug-likeness (QED) is 0.715. The summed E-state index contributed by atoms with van der Waals surface area (Å²) >= 11 is 5.83. The van der Waals surface area contributed by atoms with Crippen LogP contribution >= 0.6 is 11.6 Å². The Hall–Kier alpha value is -2.84. The normalized spacial score (nSPS) is 18.2. The highest BCUT2D eigenvalue weighted by atomic mass is 35.5. The summed E-state index contributed by atoms with van der Waals surface area (Å²) in [6.07, 6.45) is 3.78. The SMILES string of the molecule is Cc1cn([C@H]2C=C[C@@H](COC(=O)NCCc3ccc(Cl)cc3)O2)c(=O)[nH]c1=O. The highest BCUT2D eigenvalue weighted by Gasteiger charge is 2.23. The van der Waals surface area contributed by atoms with Crippen LogP contribution in [0.4, 0.5) is 4.79 Å². The predicted octanol–water partition coefficient (Wildman–Crippen LogP) is 1.92. The van der Waals surface area contributed by atoms with Gasteiger partial charge in [-0.25, -0.2) is 9.59 Å². The molecule has 0 unspecified atom stereocenters. The maximum absolute atomic E-state index is 11.9. The second-order valence-electron chi connectivity index (χ2n) is 6.33. The fourth-order valence-corrected chi connectivity index (χ4v) is 2.81. The van der Waals surface area contributed by atoms with Gasteiger partial charge in [0.05, 0.1) is 0 Å². The number of hydrogen-bond acceptors (Lipinski definition) is 5. The van der Waals surface area contributed by atoms with Crippen molar-refractivity contribution in [1.82, 2.24) is 14.9 Å². The van der Waals surface area contributed by atoms with Crippen LogP contribution in [0.3, 0.4) is 0 Å². The minimum atomic E-state index is -0.662. The zero-order valence-corrected chi connectivity index (χ0v) is 15.9. The zero-order chi connectivity index (χ0) is 20.1. The number of aryl methyl sites for hydroxylation is 1. The number of rotatable bonds is 6.